The van der Waals surface area contributed by atoms with Crippen LogP contribution in [0.1, 0.15) is 61.5 Å². The van der Waals surface area contributed by atoms with Crippen molar-refractivity contribution in [1.29, 1.82) is 5.26 Å². The monoisotopic (exact) mass is 600 g/mol. The van der Waals surface area contributed by atoms with Gasteiger partial charge in [-0.1, -0.05) is 68.2 Å². The predicted molar refractivity (Wildman–Crippen MR) is 155 cm³/mol. The summed E-state index contributed by atoms with van der Waals surface area (Å²) in [6, 6.07) is 11.7. The zero-order valence-electron chi connectivity index (χ0n) is 23.1. The van der Waals surface area contributed by atoms with Crippen molar-refractivity contribution in [2.24, 2.45) is 17.3 Å². The van der Waals surface area contributed by atoms with E-state index in [1.165, 1.54) is 30.3 Å². The number of hydrogen-bond donors (Lipinski definition) is 1. The number of rotatable bonds is 7. The Balaban J connectivity index is 1.81. The molecule has 9 heteroatoms. The number of carbonyl (C=O) groups is 2. The Hall–Kier alpha value is -3.21. The van der Waals surface area contributed by atoms with Gasteiger partial charge in [-0.05, 0) is 60.6 Å². The molecule has 1 saturated heterocycles. The number of carboxylic acid groups (broad SMARTS) is 1. The van der Waals surface area contributed by atoms with E-state index in [4.69, 9.17) is 28.3 Å². The van der Waals surface area contributed by atoms with Gasteiger partial charge in [-0.15, -0.1) is 0 Å². The third-order valence-corrected chi connectivity index (χ3v) is 8.56. The summed E-state index contributed by atoms with van der Waals surface area (Å²) >= 11 is 12.3. The minimum Gasteiger partial charge on any atom is -0.478 e. The van der Waals surface area contributed by atoms with E-state index in [1.807, 2.05) is 20.8 Å². The minimum absolute atomic E-state index is 0.0391. The Labute approximate surface area is 249 Å². The van der Waals surface area contributed by atoms with Crippen LogP contribution >= 0.6 is 23.2 Å². The maximum absolute atomic E-state index is 15.8. The highest BCUT2D eigenvalue weighted by Gasteiger charge is 2.61. The van der Waals surface area contributed by atoms with E-state index >= 15 is 8.78 Å². The van der Waals surface area contributed by atoms with Crippen LogP contribution < -0.4 is 0 Å². The first-order valence-corrected chi connectivity index (χ1v) is 14.2. The van der Waals surface area contributed by atoms with Gasteiger partial charge in [-0.3, -0.25) is 4.79 Å². The number of halogens is 4. The first-order chi connectivity index (χ1) is 19.3. The van der Waals surface area contributed by atoms with Gasteiger partial charge in [0.15, 0.2) is 0 Å². The highest BCUT2D eigenvalue weighted by molar-refractivity contribution is 6.31. The van der Waals surface area contributed by atoms with Crippen LogP contribution in [-0.2, 0) is 16.6 Å². The normalized spacial score (nSPS) is 24.4. The number of nitrogens with zero attached hydrogens (tertiary/aromatic N) is 2. The molecule has 0 aromatic heterocycles. The summed E-state index contributed by atoms with van der Waals surface area (Å²) < 4.78 is 31.5. The molecular weight excluding hydrogens is 569 g/mol. The molecule has 1 unspecified atom stereocenters. The Morgan fingerprint density at radius 1 is 1.15 bits per heavy atom. The van der Waals surface area contributed by atoms with E-state index in [1.54, 1.807) is 23.1 Å². The molecule has 4 atom stereocenters. The van der Waals surface area contributed by atoms with E-state index in [0.29, 0.717) is 12.8 Å². The fourth-order valence-electron chi connectivity index (χ4n) is 6.32. The Morgan fingerprint density at radius 2 is 1.83 bits per heavy atom. The van der Waals surface area contributed by atoms with Crippen LogP contribution in [0.25, 0.3) is 0 Å². The van der Waals surface area contributed by atoms with Crippen LogP contribution in [0.4, 0.5) is 8.78 Å². The van der Waals surface area contributed by atoms with Crippen molar-refractivity contribution in [2.75, 3.05) is 6.54 Å². The number of hydrogen-bond acceptors (Lipinski definition) is 3. The molecular formula is C32H32Cl2F2N2O3. The molecule has 1 fully saturated rings. The highest BCUT2D eigenvalue weighted by atomic mass is 35.5. The number of carboxylic acids is 1. The molecule has 1 aliphatic heterocycles. The SMILES string of the molecule is CC(C)(C)C[C@@H]1CN(C(=O)CCc2ccc(C(=O)O)cc2)[C@H](C2CC=CC(Cl)=C2F)[C@@]1(C#N)c1ccc(Cl)cc1F. The number of nitriles is 1. The second-order valence-corrected chi connectivity index (χ2v) is 12.8. The quantitative estimate of drug-likeness (QED) is 0.351. The standard InChI is InChI=1S/C32H32Cl2F2N2O3/c1-31(2,3)16-21-17-38(27(39)14-9-19-7-10-20(11-8-19)30(40)41)29(23-5-4-6-25(34)28(23)36)32(21,18-37)24-13-12-22(33)15-26(24)35/h4,6-8,10-13,15,21,23,29H,5,9,14,16-17H2,1-3H3,(H,40,41)/t21-,23?,29-,32-/m1/s1. The number of carbonyl (C=O) groups excluding carboxylic acids is 1. The molecule has 1 amide bonds. The summed E-state index contributed by atoms with van der Waals surface area (Å²) in [6.07, 6.45) is 4.18. The van der Waals surface area contributed by atoms with Crippen LogP contribution in [0.2, 0.25) is 5.02 Å². The average Bonchev–Trinajstić information content (AvgIpc) is 3.22. The molecule has 1 aliphatic carbocycles. The van der Waals surface area contributed by atoms with Gasteiger partial charge >= 0.3 is 5.97 Å². The molecule has 1 N–H and O–H groups in total. The van der Waals surface area contributed by atoms with Gasteiger partial charge < -0.3 is 10.0 Å². The number of allylic oxidation sites excluding steroid dienone is 3. The van der Waals surface area contributed by atoms with Crippen molar-refractivity contribution in [1.82, 2.24) is 4.90 Å². The van der Waals surface area contributed by atoms with Gasteiger partial charge in [-0.25, -0.2) is 13.6 Å². The maximum Gasteiger partial charge on any atom is 0.335 e. The van der Waals surface area contributed by atoms with E-state index < -0.39 is 40.9 Å². The molecule has 4 rings (SSSR count). The third kappa shape index (κ3) is 6.19. The number of likely N-dealkylation sites (tertiary alicyclic amines) is 1. The Morgan fingerprint density at radius 3 is 2.41 bits per heavy atom. The van der Waals surface area contributed by atoms with E-state index in [2.05, 4.69) is 6.07 Å². The van der Waals surface area contributed by atoms with E-state index in [-0.39, 0.29) is 51.9 Å². The van der Waals surface area contributed by atoms with Crippen LogP contribution in [0.5, 0.6) is 0 Å². The van der Waals surface area contributed by atoms with Gasteiger partial charge in [0.25, 0.3) is 0 Å². The fourth-order valence-corrected chi connectivity index (χ4v) is 6.70. The Bertz CT molecular complexity index is 1440. The summed E-state index contributed by atoms with van der Waals surface area (Å²) in [5.74, 6) is -4.13. The Kier molecular flexibility index (Phi) is 8.96. The number of aromatic carboxylic acids is 1. The van der Waals surface area contributed by atoms with Gasteiger partial charge in [0.2, 0.25) is 5.91 Å². The fraction of sp³-hybridized carbons (Fsp3) is 0.406. The lowest BCUT2D eigenvalue weighted by atomic mass is 9.61. The van der Waals surface area contributed by atoms with Gasteiger partial charge in [0, 0.05) is 35.4 Å². The molecule has 2 aliphatic rings. The maximum atomic E-state index is 15.8. The van der Waals surface area contributed by atoms with Gasteiger partial charge in [-0.2, -0.15) is 5.26 Å². The van der Waals surface area contributed by atoms with Gasteiger partial charge in [0.1, 0.15) is 17.1 Å². The summed E-state index contributed by atoms with van der Waals surface area (Å²) in [4.78, 5) is 26.7. The first kappa shape index (κ1) is 30.7. The lowest BCUT2D eigenvalue weighted by Crippen LogP contribution is -2.51. The van der Waals surface area contributed by atoms with Crippen LogP contribution in [0.15, 0.2) is 65.5 Å². The molecule has 41 heavy (non-hydrogen) atoms. The van der Waals surface area contributed by atoms with Crippen molar-refractivity contribution >= 4 is 35.1 Å². The number of aryl methyl sites for hydroxylation is 1. The van der Waals surface area contributed by atoms with Crippen molar-refractivity contribution in [3.8, 4) is 6.07 Å². The molecule has 0 spiro atoms. The highest BCUT2D eigenvalue weighted by Crippen LogP contribution is 2.54. The second-order valence-electron chi connectivity index (χ2n) is 12.0. The molecule has 0 saturated carbocycles. The predicted octanol–water partition coefficient (Wildman–Crippen LogP) is 7.83. The molecule has 5 nitrogen and oxygen atoms in total. The molecule has 0 radical (unpaired) electrons. The zero-order valence-corrected chi connectivity index (χ0v) is 24.6. The topological polar surface area (TPSA) is 81.4 Å². The molecule has 1 heterocycles. The smallest absolute Gasteiger partial charge is 0.335 e. The molecule has 0 bridgehead atoms. The number of benzene rings is 2. The average molecular weight is 602 g/mol. The lowest BCUT2D eigenvalue weighted by molar-refractivity contribution is -0.133. The first-order valence-electron chi connectivity index (χ1n) is 13.5. The third-order valence-electron chi connectivity index (χ3n) is 8.02. The van der Waals surface area contributed by atoms with Crippen molar-refractivity contribution in [3.05, 3.63) is 93.0 Å². The van der Waals surface area contributed by atoms with Gasteiger partial charge in [0.05, 0.1) is 22.7 Å². The zero-order chi connectivity index (χ0) is 30.1. The molecule has 2 aromatic carbocycles. The van der Waals surface area contributed by atoms with Crippen molar-refractivity contribution < 1.29 is 23.5 Å². The summed E-state index contributed by atoms with van der Waals surface area (Å²) in [5.41, 5.74) is -0.885. The largest absolute Gasteiger partial charge is 0.478 e. The van der Waals surface area contributed by atoms with Crippen LogP contribution in [-0.4, -0.2) is 34.5 Å². The van der Waals surface area contributed by atoms with Crippen LogP contribution in [0.3, 0.4) is 0 Å². The van der Waals surface area contributed by atoms with E-state index in [0.717, 1.165) is 11.6 Å². The minimum atomic E-state index is -1.58. The molecule has 2 aromatic rings. The van der Waals surface area contributed by atoms with Crippen molar-refractivity contribution in [2.45, 2.75) is 57.9 Å². The second kappa shape index (κ2) is 12.0. The summed E-state index contributed by atoms with van der Waals surface area (Å²) in [7, 11) is 0. The summed E-state index contributed by atoms with van der Waals surface area (Å²) in [6.45, 7) is 6.16. The molecule has 216 valence electrons. The van der Waals surface area contributed by atoms with Crippen molar-refractivity contribution in [3.63, 3.8) is 0 Å². The van der Waals surface area contributed by atoms with Crippen LogP contribution in [0, 0.1) is 34.4 Å². The van der Waals surface area contributed by atoms with E-state index in [9.17, 15) is 14.9 Å². The lowest BCUT2D eigenvalue weighted by Gasteiger charge is -2.41. The number of amides is 1. The summed E-state index contributed by atoms with van der Waals surface area (Å²) in [5, 5.41) is 20.2.